The molecule has 2 aromatic rings. The van der Waals surface area contributed by atoms with Gasteiger partial charge in [-0.2, -0.15) is 10.1 Å². The highest BCUT2D eigenvalue weighted by molar-refractivity contribution is 5.60. The van der Waals surface area contributed by atoms with Gasteiger partial charge >= 0.3 is 5.69 Å². The van der Waals surface area contributed by atoms with Gasteiger partial charge in [0.1, 0.15) is 6.20 Å². The fourth-order valence-corrected chi connectivity index (χ4v) is 3.42. The average Bonchev–Trinajstić information content (AvgIpc) is 3.03. The molecule has 118 valence electrons. The smallest absolute Gasteiger partial charge is 0.320 e. The Morgan fingerprint density at radius 1 is 1.32 bits per heavy atom. The third kappa shape index (κ3) is 2.72. The molecule has 2 heterocycles. The van der Waals surface area contributed by atoms with E-state index < -0.39 is 4.92 Å². The average molecular weight is 305 g/mol. The standard InChI is InChI=1S/C14H19N5O3/c1-8-4-9(2)6-10(5-8)13-15-14(22-17-13)12-11(19(20)21)7-18(3)16-12/h7-10H,4-6H2,1-3H3. The first-order valence-electron chi connectivity index (χ1n) is 7.46. The highest BCUT2D eigenvalue weighted by Gasteiger charge is 2.31. The Balaban J connectivity index is 1.89. The number of aromatic nitrogens is 4. The molecular weight excluding hydrogens is 286 g/mol. The monoisotopic (exact) mass is 305 g/mol. The van der Waals surface area contributed by atoms with E-state index in [1.165, 1.54) is 17.3 Å². The number of rotatable bonds is 3. The van der Waals surface area contributed by atoms with Crippen LogP contribution in [0.3, 0.4) is 0 Å². The maximum atomic E-state index is 11.1. The lowest BCUT2D eigenvalue weighted by atomic mass is 9.76. The molecule has 2 aromatic heterocycles. The molecule has 2 atom stereocenters. The number of hydrogen-bond acceptors (Lipinski definition) is 6. The van der Waals surface area contributed by atoms with Crippen LogP contribution in [0.1, 0.15) is 44.9 Å². The molecule has 8 nitrogen and oxygen atoms in total. The minimum absolute atomic E-state index is 0.119. The zero-order valence-electron chi connectivity index (χ0n) is 12.9. The fraction of sp³-hybridized carbons (Fsp3) is 0.643. The van der Waals surface area contributed by atoms with E-state index in [1.54, 1.807) is 7.05 Å². The zero-order valence-corrected chi connectivity index (χ0v) is 12.9. The summed E-state index contributed by atoms with van der Waals surface area (Å²) >= 11 is 0. The molecule has 0 amide bonds. The molecule has 3 rings (SSSR count). The van der Waals surface area contributed by atoms with Crippen LogP contribution in [0.4, 0.5) is 5.69 Å². The van der Waals surface area contributed by atoms with Crippen LogP contribution in [0.2, 0.25) is 0 Å². The quantitative estimate of drug-likeness (QED) is 0.638. The molecule has 22 heavy (non-hydrogen) atoms. The van der Waals surface area contributed by atoms with Crippen LogP contribution >= 0.6 is 0 Å². The van der Waals surface area contributed by atoms with E-state index in [9.17, 15) is 10.1 Å². The van der Waals surface area contributed by atoms with E-state index >= 15 is 0 Å². The van der Waals surface area contributed by atoms with Crippen LogP contribution in [0.15, 0.2) is 10.7 Å². The van der Waals surface area contributed by atoms with E-state index in [2.05, 4.69) is 29.1 Å². The predicted octanol–water partition coefficient (Wildman–Crippen LogP) is 2.92. The number of hydrogen-bond donors (Lipinski definition) is 0. The van der Waals surface area contributed by atoms with E-state index in [0.29, 0.717) is 17.7 Å². The molecule has 1 aliphatic rings. The Morgan fingerprint density at radius 2 is 2.00 bits per heavy atom. The van der Waals surface area contributed by atoms with Gasteiger partial charge in [0.15, 0.2) is 5.82 Å². The number of nitrogens with zero attached hydrogens (tertiary/aromatic N) is 5. The van der Waals surface area contributed by atoms with Crippen molar-refractivity contribution in [2.45, 2.75) is 39.0 Å². The summed E-state index contributed by atoms with van der Waals surface area (Å²) < 4.78 is 6.61. The second-order valence-corrected chi connectivity index (χ2v) is 6.37. The maximum absolute atomic E-state index is 11.1. The van der Waals surface area contributed by atoms with Crippen molar-refractivity contribution >= 4 is 5.69 Å². The van der Waals surface area contributed by atoms with Crippen molar-refractivity contribution in [3.05, 3.63) is 22.1 Å². The lowest BCUT2D eigenvalue weighted by molar-refractivity contribution is -0.384. The van der Waals surface area contributed by atoms with Crippen LogP contribution in [0.25, 0.3) is 11.6 Å². The highest BCUT2D eigenvalue weighted by atomic mass is 16.6. The van der Waals surface area contributed by atoms with Crippen LogP contribution < -0.4 is 0 Å². The van der Waals surface area contributed by atoms with Crippen molar-refractivity contribution in [2.75, 3.05) is 0 Å². The van der Waals surface area contributed by atoms with Crippen LogP contribution in [0, 0.1) is 22.0 Å². The molecule has 2 unspecified atom stereocenters. The first-order chi connectivity index (χ1) is 10.4. The molecule has 8 heteroatoms. The molecule has 0 N–H and O–H groups in total. The van der Waals surface area contributed by atoms with Crippen LogP contribution in [-0.4, -0.2) is 24.8 Å². The van der Waals surface area contributed by atoms with Gasteiger partial charge in [-0.15, -0.1) is 0 Å². The van der Waals surface area contributed by atoms with E-state index in [-0.39, 0.29) is 23.2 Å². The van der Waals surface area contributed by atoms with Gasteiger partial charge in [-0.25, -0.2) is 0 Å². The highest BCUT2D eigenvalue weighted by Crippen LogP contribution is 2.38. The summed E-state index contributed by atoms with van der Waals surface area (Å²) in [4.78, 5) is 14.9. The van der Waals surface area contributed by atoms with E-state index in [0.717, 1.165) is 12.8 Å². The van der Waals surface area contributed by atoms with Gasteiger partial charge in [-0.05, 0) is 31.1 Å². The molecule has 1 aliphatic carbocycles. The van der Waals surface area contributed by atoms with Crippen molar-refractivity contribution in [2.24, 2.45) is 18.9 Å². The largest absolute Gasteiger partial charge is 0.332 e. The van der Waals surface area contributed by atoms with Crippen molar-refractivity contribution in [3.8, 4) is 11.6 Å². The zero-order chi connectivity index (χ0) is 15.9. The molecule has 0 aliphatic heterocycles. The van der Waals surface area contributed by atoms with Gasteiger partial charge in [-0.1, -0.05) is 19.0 Å². The SMILES string of the molecule is CC1CC(C)CC(c2noc(-c3nn(C)cc3[N+](=O)[O-])n2)C1. The predicted molar refractivity (Wildman–Crippen MR) is 78.1 cm³/mol. The van der Waals surface area contributed by atoms with Crippen molar-refractivity contribution in [1.82, 2.24) is 19.9 Å². The molecule has 0 saturated heterocycles. The van der Waals surface area contributed by atoms with Gasteiger partial charge in [0.05, 0.1) is 4.92 Å². The molecule has 0 aromatic carbocycles. The van der Waals surface area contributed by atoms with Gasteiger partial charge in [0.2, 0.25) is 5.69 Å². The fourth-order valence-electron chi connectivity index (χ4n) is 3.42. The Hall–Kier alpha value is -2.25. The lowest BCUT2D eigenvalue weighted by Crippen LogP contribution is -2.19. The third-order valence-corrected chi connectivity index (χ3v) is 4.19. The third-order valence-electron chi connectivity index (χ3n) is 4.19. The summed E-state index contributed by atoms with van der Waals surface area (Å²) in [5, 5.41) is 19.2. The van der Waals surface area contributed by atoms with Gasteiger partial charge in [0.25, 0.3) is 5.89 Å². The molecular formula is C14H19N5O3. The van der Waals surface area contributed by atoms with Crippen molar-refractivity contribution in [3.63, 3.8) is 0 Å². The molecule has 0 radical (unpaired) electrons. The maximum Gasteiger partial charge on any atom is 0.320 e. The summed E-state index contributed by atoms with van der Waals surface area (Å²) in [6, 6.07) is 0. The molecule has 1 fully saturated rings. The number of aryl methyl sites for hydroxylation is 1. The summed E-state index contributed by atoms with van der Waals surface area (Å²) in [5.74, 6) is 2.25. The van der Waals surface area contributed by atoms with E-state index in [1.807, 2.05) is 0 Å². The van der Waals surface area contributed by atoms with Gasteiger partial charge in [0, 0.05) is 13.0 Å². The topological polar surface area (TPSA) is 99.9 Å². The minimum atomic E-state index is -0.489. The van der Waals surface area contributed by atoms with Gasteiger partial charge < -0.3 is 4.52 Å². The summed E-state index contributed by atoms with van der Waals surface area (Å²) in [7, 11) is 1.62. The Bertz CT molecular complexity index is 682. The first kappa shape index (κ1) is 14.7. The molecule has 0 bridgehead atoms. The van der Waals surface area contributed by atoms with Crippen molar-refractivity contribution in [1.29, 1.82) is 0 Å². The Morgan fingerprint density at radius 3 is 2.64 bits per heavy atom. The number of nitro groups is 1. The summed E-state index contributed by atoms with van der Waals surface area (Å²) in [6.45, 7) is 4.46. The van der Waals surface area contributed by atoms with E-state index in [4.69, 9.17) is 4.52 Å². The normalized spacial score (nSPS) is 25.3. The van der Waals surface area contributed by atoms with Crippen molar-refractivity contribution < 1.29 is 9.45 Å². The first-order valence-corrected chi connectivity index (χ1v) is 7.46. The Kier molecular flexibility index (Phi) is 3.67. The van der Waals surface area contributed by atoms with Crippen LogP contribution in [-0.2, 0) is 7.05 Å². The van der Waals surface area contributed by atoms with Gasteiger partial charge in [-0.3, -0.25) is 14.8 Å². The molecule has 1 saturated carbocycles. The van der Waals surface area contributed by atoms with Crippen LogP contribution in [0.5, 0.6) is 0 Å². The minimum Gasteiger partial charge on any atom is -0.332 e. The summed E-state index contributed by atoms with van der Waals surface area (Å²) in [6.07, 6.45) is 4.60. The second kappa shape index (κ2) is 5.51. The summed E-state index contributed by atoms with van der Waals surface area (Å²) in [5.41, 5.74) is 0.00577. The molecule has 0 spiro atoms. The lowest BCUT2D eigenvalue weighted by Gasteiger charge is -2.29. The Labute approximate surface area is 127 Å². The second-order valence-electron chi connectivity index (χ2n) is 6.37.